The van der Waals surface area contributed by atoms with Gasteiger partial charge in [-0.25, -0.2) is 0 Å². The second kappa shape index (κ2) is 4.14. The molecule has 0 radical (unpaired) electrons. The predicted molar refractivity (Wildman–Crippen MR) is 64.1 cm³/mol. The predicted octanol–water partition coefficient (Wildman–Crippen LogP) is 2.93. The summed E-state index contributed by atoms with van der Waals surface area (Å²) in [5.74, 6) is 0.892. The number of rotatable bonds is 2. The highest BCUT2D eigenvalue weighted by Crippen LogP contribution is 2.57. The molecular weight excluding hydrogens is 200 g/mol. The van der Waals surface area contributed by atoms with Gasteiger partial charge in [0.05, 0.1) is 5.60 Å². The minimum atomic E-state index is -0.635. The van der Waals surface area contributed by atoms with Gasteiger partial charge in [-0.05, 0) is 49.9 Å². The summed E-state index contributed by atoms with van der Waals surface area (Å²) in [6.07, 6.45) is 8.61. The zero-order chi connectivity index (χ0) is 11.8. The zero-order valence-corrected chi connectivity index (χ0v) is 10.5. The third kappa shape index (κ3) is 1.81. The smallest absolute Gasteiger partial charge is 0.120 e. The summed E-state index contributed by atoms with van der Waals surface area (Å²) >= 11 is 0. The van der Waals surface area contributed by atoms with Gasteiger partial charge in [-0.3, -0.25) is 0 Å². The van der Waals surface area contributed by atoms with E-state index in [4.69, 9.17) is 0 Å². The van der Waals surface area contributed by atoms with Crippen LogP contribution in [0.4, 0.5) is 0 Å². The Morgan fingerprint density at radius 2 is 2.00 bits per heavy atom. The van der Waals surface area contributed by atoms with Gasteiger partial charge in [0.2, 0.25) is 0 Å². The first-order chi connectivity index (χ1) is 7.50. The van der Waals surface area contributed by atoms with Gasteiger partial charge >= 0.3 is 0 Å². The summed E-state index contributed by atoms with van der Waals surface area (Å²) in [6.45, 7) is 4.23. The molecule has 0 bridgehead atoms. The van der Waals surface area contributed by atoms with E-state index in [1.54, 1.807) is 0 Å². The third-order valence-electron chi connectivity index (χ3n) is 5.33. The topological polar surface area (TPSA) is 37.3 Å². The van der Waals surface area contributed by atoms with Crippen molar-refractivity contribution < 1.29 is 9.90 Å². The van der Waals surface area contributed by atoms with E-state index in [0.29, 0.717) is 6.42 Å². The molecule has 0 aromatic rings. The zero-order valence-electron chi connectivity index (χ0n) is 10.5. The number of hydrogen-bond acceptors (Lipinski definition) is 2. The molecule has 2 saturated carbocycles. The molecule has 0 saturated heterocycles. The molecule has 0 spiro atoms. The normalized spacial score (nSPS) is 48.4. The fourth-order valence-electron chi connectivity index (χ4n) is 4.33. The van der Waals surface area contributed by atoms with E-state index in [1.807, 2.05) is 6.92 Å². The summed E-state index contributed by atoms with van der Waals surface area (Å²) in [4.78, 5) is 10.9. The first kappa shape index (κ1) is 12.1. The van der Waals surface area contributed by atoms with E-state index in [9.17, 15) is 9.90 Å². The summed E-state index contributed by atoms with van der Waals surface area (Å²) in [5.41, 5.74) is -0.440. The molecule has 2 aliphatic rings. The van der Waals surface area contributed by atoms with Gasteiger partial charge in [-0.1, -0.05) is 19.8 Å². The van der Waals surface area contributed by atoms with E-state index < -0.39 is 5.60 Å². The highest BCUT2D eigenvalue weighted by atomic mass is 16.3. The van der Waals surface area contributed by atoms with Crippen molar-refractivity contribution in [2.24, 2.45) is 17.3 Å². The molecule has 0 amide bonds. The highest BCUT2D eigenvalue weighted by Gasteiger charge is 2.52. The molecule has 0 aromatic heterocycles. The summed E-state index contributed by atoms with van der Waals surface area (Å²) in [7, 11) is 0. The van der Waals surface area contributed by atoms with E-state index in [0.717, 1.165) is 25.0 Å². The van der Waals surface area contributed by atoms with Gasteiger partial charge < -0.3 is 9.90 Å². The standard InChI is InChI=1S/C14H24O2/c1-13-8-4-3-5-11(13)6-9-14(2,16)12(13)7-10-15/h10-12,16H,3-9H2,1-2H3. The average Bonchev–Trinajstić information content (AvgIpc) is 2.23. The molecule has 2 heteroatoms. The van der Waals surface area contributed by atoms with Gasteiger partial charge in [0.1, 0.15) is 6.29 Å². The molecule has 92 valence electrons. The first-order valence-corrected chi connectivity index (χ1v) is 6.67. The van der Waals surface area contributed by atoms with Crippen molar-refractivity contribution in [2.45, 2.75) is 64.4 Å². The Hall–Kier alpha value is -0.370. The Morgan fingerprint density at radius 3 is 2.69 bits per heavy atom. The lowest BCUT2D eigenvalue weighted by molar-refractivity contribution is -0.144. The molecule has 16 heavy (non-hydrogen) atoms. The van der Waals surface area contributed by atoms with Crippen molar-refractivity contribution >= 4 is 6.29 Å². The third-order valence-corrected chi connectivity index (χ3v) is 5.33. The van der Waals surface area contributed by atoms with Crippen molar-refractivity contribution in [3.8, 4) is 0 Å². The van der Waals surface area contributed by atoms with E-state index >= 15 is 0 Å². The highest BCUT2D eigenvalue weighted by molar-refractivity contribution is 5.50. The van der Waals surface area contributed by atoms with Crippen LogP contribution < -0.4 is 0 Å². The number of aldehydes is 1. The second-order valence-corrected chi connectivity index (χ2v) is 6.30. The van der Waals surface area contributed by atoms with Crippen LogP contribution in [0.3, 0.4) is 0 Å². The van der Waals surface area contributed by atoms with Crippen molar-refractivity contribution in [3.63, 3.8) is 0 Å². The lowest BCUT2D eigenvalue weighted by Gasteiger charge is -2.56. The maximum absolute atomic E-state index is 10.9. The Kier molecular flexibility index (Phi) is 3.13. The largest absolute Gasteiger partial charge is 0.390 e. The molecule has 2 nitrogen and oxygen atoms in total. The van der Waals surface area contributed by atoms with Crippen LogP contribution in [0.1, 0.15) is 58.8 Å². The van der Waals surface area contributed by atoms with Crippen LogP contribution in [0.5, 0.6) is 0 Å². The fourth-order valence-corrected chi connectivity index (χ4v) is 4.33. The lowest BCUT2D eigenvalue weighted by Crippen LogP contribution is -2.53. The van der Waals surface area contributed by atoms with Crippen molar-refractivity contribution in [1.82, 2.24) is 0 Å². The number of aliphatic hydroxyl groups is 1. The van der Waals surface area contributed by atoms with Crippen LogP contribution in [0, 0.1) is 17.3 Å². The van der Waals surface area contributed by atoms with Crippen LogP contribution in [0.25, 0.3) is 0 Å². The van der Waals surface area contributed by atoms with E-state index in [2.05, 4.69) is 6.92 Å². The van der Waals surface area contributed by atoms with Crippen LogP contribution in [0.2, 0.25) is 0 Å². The Bertz CT molecular complexity index is 272. The van der Waals surface area contributed by atoms with Gasteiger partial charge in [0.25, 0.3) is 0 Å². The minimum Gasteiger partial charge on any atom is -0.390 e. The summed E-state index contributed by atoms with van der Waals surface area (Å²) in [6, 6.07) is 0. The van der Waals surface area contributed by atoms with Gasteiger partial charge in [-0.15, -0.1) is 0 Å². The summed E-state index contributed by atoms with van der Waals surface area (Å²) in [5, 5.41) is 10.5. The minimum absolute atomic E-state index is 0.163. The van der Waals surface area contributed by atoms with Crippen LogP contribution >= 0.6 is 0 Å². The molecule has 1 N–H and O–H groups in total. The van der Waals surface area contributed by atoms with Crippen molar-refractivity contribution in [2.75, 3.05) is 0 Å². The molecule has 0 aromatic carbocycles. The maximum atomic E-state index is 10.9. The quantitative estimate of drug-likeness (QED) is 0.732. The number of carbonyl (C=O) groups excluding carboxylic acids is 1. The van der Waals surface area contributed by atoms with Gasteiger partial charge in [0, 0.05) is 6.42 Å². The van der Waals surface area contributed by atoms with Crippen LogP contribution in [0.15, 0.2) is 0 Å². The number of fused-ring (bicyclic) bond motifs is 1. The molecule has 0 heterocycles. The maximum Gasteiger partial charge on any atom is 0.120 e. The average molecular weight is 224 g/mol. The monoisotopic (exact) mass is 224 g/mol. The van der Waals surface area contributed by atoms with E-state index in [1.165, 1.54) is 25.7 Å². The Morgan fingerprint density at radius 1 is 1.25 bits per heavy atom. The Labute approximate surface area is 98.4 Å². The molecule has 4 atom stereocenters. The molecule has 0 aliphatic heterocycles. The van der Waals surface area contributed by atoms with Crippen molar-refractivity contribution in [1.29, 1.82) is 0 Å². The van der Waals surface area contributed by atoms with Gasteiger partial charge in [0.15, 0.2) is 0 Å². The molecule has 2 rings (SSSR count). The van der Waals surface area contributed by atoms with E-state index in [-0.39, 0.29) is 11.3 Å². The number of hydrogen-bond donors (Lipinski definition) is 1. The Balaban J connectivity index is 2.27. The molecule has 4 unspecified atom stereocenters. The van der Waals surface area contributed by atoms with Crippen molar-refractivity contribution in [3.05, 3.63) is 0 Å². The van der Waals surface area contributed by atoms with Crippen LogP contribution in [-0.4, -0.2) is 17.0 Å². The fraction of sp³-hybridized carbons (Fsp3) is 0.929. The SMILES string of the molecule is CC1(O)CCC2CCCCC2(C)C1CC=O. The lowest BCUT2D eigenvalue weighted by atomic mass is 9.51. The molecule has 2 aliphatic carbocycles. The summed E-state index contributed by atoms with van der Waals surface area (Å²) < 4.78 is 0. The molecular formula is C14H24O2. The second-order valence-electron chi connectivity index (χ2n) is 6.30. The number of carbonyl (C=O) groups is 1. The van der Waals surface area contributed by atoms with Gasteiger partial charge in [-0.2, -0.15) is 0 Å². The molecule has 2 fully saturated rings. The van der Waals surface area contributed by atoms with Crippen LogP contribution in [-0.2, 0) is 4.79 Å². The first-order valence-electron chi connectivity index (χ1n) is 6.67.